The van der Waals surface area contributed by atoms with Crippen molar-refractivity contribution in [2.45, 2.75) is 13.2 Å². The zero-order valence-electron chi connectivity index (χ0n) is 20.4. The van der Waals surface area contributed by atoms with Gasteiger partial charge in [0.05, 0.1) is 5.69 Å². The summed E-state index contributed by atoms with van der Waals surface area (Å²) in [6.45, 7) is -0.186. The van der Waals surface area contributed by atoms with Gasteiger partial charge in [-0.2, -0.15) is 0 Å². The van der Waals surface area contributed by atoms with Crippen LogP contribution in [-0.4, -0.2) is 11.8 Å². The fourth-order valence-corrected chi connectivity index (χ4v) is 3.88. The van der Waals surface area contributed by atoms with Gasteiger partial charge in [-0.3, -0.25) is 15.0 Å². The molecule has 1 N–H and O–H groups in total. The fourth-order valence-electron chi connectivity index (χ4n) is 3.88. The van der Waals surface area contributed by atoms with Crippen LogP contribution in [0.25, 0.3) is 6.08 Å². The molecule has 0 radical (unpaired) electrons. The molecule has 0 unspecified atom stereocenters. The van der Waals surface area contributed by atoms with Crippen molar-refractivity contribution < 1.29 is 32.2 Å². The molecular weight excluding hydrogens is 509 g/mol. The van der Waals surface area contributed by atoms with Crippen LogP contribution < -0.4 is 19.9 Å². The number of halogens is 3. The van der Waals surface area contributed by atoms with Gasteiger partial charge in [0.25, 0.3) is 11.8 Å². The monoisotopic (exact) mass is 530 g/mol. The lowest BCUT2D eigenvalue weighted by Crippen LogP contribution is -2.35. The van der Waals surface area contributed by atoms with Gasteiger partial charge in [-0.25, -0.2) is 18.2 Å². The average molecular weight is 531 g/mol. The van der Waals surface area contributed by atoms with Gasteiger partial charge in [0, 0.05) is 22.8 Å². The second-order valence-corrected chi connectivity index (χ2v) is 8.58. The highest BCUT2D eigenvalue weighted by Gasteiger charge is 2.34. The van der Waals surface area contributed by atoms with E-state index in [1.807, 2.05) is 0 Å². The molecule has 9 heteroatoms. The van der Waals surface area contributed by atoms with E-state index in [1.54, 1.807) is 48.5 Å². The molecule has 6 nitrogen and oxygen atoms in total. The van der Waals surface area contributed by atoms with E-state index in [9.17, 15) is 22.8 Å². The standard InChI is InChI=1S/C30H21F3N2O4/c31-22-10-12-23(13-11-22)35-30(37)25(29(36)34-35)15-19-9-14-24(38-17-20-5-1-3-7-26(20)32)16-28(19)39-18-21-6-2-4-8-27(21)33/h1-16H,17-18H2,(H,34,36)/b25-15+. The minimum absolute atomic E-state index is 0.0482. The van der Waals surface area contributed by atoms with Crippen LogP contribution in [0.4, 0.5) is 18.9 Å². The van der Waals surface area contributed by atoms with Gasteiger partial charge in [-0.1, -0.05) is 36.4 Å². The van der Waals surface area contributed by atoms with Crippen molar-refractivity contribution in [2.75, 3.05) is 5.01 Å². The van der Waals surface area contributed by atoms with E-state index in [2.05, 4.69) is 5.43 Å². The van der Waals surface area contributed by atoms with Crippen LogP contribution in [0.2, 0.25) is 0 Å². The Bertz CT molecular complexity index is 1570. The lowest BCUT2D eigenvalue weighted by Gasteiger charge is -2.14. The fraction of sp³-hybridized carbons (Fsp3) is 0.0667. The Morgan fingerprint density at radius 2 is 1.36 bits per heavy atom. The molecule has 0 spiro atoms. The zero-order valence-corrected chi connectivity index (χ0v) is 20.4. The number of carbonyl (C=O) groups excluding carboxylic acids is 2. The van der Waals surface area contributed by atoms with E-state index in [1.165, 1.54) is 48.5 Å². The van der Waals surface area contributed by atoms with Crippen LogP contribution in [0.3, 0.4) is 0 Å². The Hall–Kier alpha value is -5.05. The number of benzene rings is 4. The molecule has 0 aliphatic carbocycles. The number of hydrazine groups is 1. The highest BCUT2D eigenvalue weighted by atomic mass is 19.1. The van der Waals surface area contributed by atoms with Gasteiger partial charge < -0.3 is 9.47 Å². The third kappa shape index (κ3) is 5.77. The largest absolute Gasteiger partial charge is 0.489 e. The minimum atomic E-state index is -0.663. The van der Waals surface area contributed by atoms with Gasteiger partial charge in [0.1, 0.15) is 47.7 Å². The molecule has 0 bridgehead atoms. The molecule has 4 aromatic rings. The number of nitrogens with zero attached hydrogens (tertiary/aromatic N) is 1. The van der Waals surface area contributed by atoms with Crippen molar-refractivity contribution in [3.8, 4) is 11.5 Å². The molecule has 0 saturated carbocycles. The van der Waals surface area contributed by atoms with Crippen LogP contribution in [-0.2, 0) is 22.8 Å². The van der Waals surface area contributed by atoms with E-state index >= 15 is 0 Å². The Morgan fingerprint density at radius 1 is 0.744 bits per heavy atom. The molecule has 1 aliphatic heterocycles. The summed E-state index contributed by atoms with van der Waals surface area (Å²) in [7, 11) is 0. The van der Waals surface area contributed by atoms with E-state index in [0.29, 0.717) is 22.4 Å². The summed E-state index contributed by atoms with van der Waals surface area (Å²) in [5.41, 5.74) is 3.55. The maximum absolute atomic E-state index is 14.2. The molecule has 39 heavy (non-hydrogen) atoms. The highest BCUT2D eigenvalue weighted by molar-refractivity contribution is 6.31. The third-order valence-electron chi connectivity index (χ3n) is 5.95. The molecule has 196 valence electrons. The summed E-state index contributed by atoms with van der Waals surface area (Å²) in [4.78, 5) is 25.7. The Morgan fingerprint density at radius 3 is 2.00 bits per heavy atom. The van der Waals surface area contributed by atoms with Gasteiger partial charge in [0.2, 0.25) is 0 Å². The molecule has 1 heterocycles. The highest BCUT2D eigenvalue weighted by Crippen LogP contribution is 2.30. The van der Waals surface area contributed by atoms with Crippen LogP contribution in [0.1, 0.15) is 16.7 Å². The van der Waals surface area contributed by atoms with Crippen molar-refractivity contribution in [1.82, 2.24) is 5.43 Å². The van der Waals surface area contributed by atoms with E-state index in [4.69, 9.17) is 9.47 Å². The SMILES string of the molecule is O=C1NN(c2ccc(F)cc2)C(=O)/C1=C/c1ccc(OCc2ccccc2F)cc1OCc1ccccc1F. The Balaban J connectivity index is 1.44. The molecule has 1 aliphatic rings. The summed E-state index contributed by atoms with van der Waals surface area (Å²) in [5.74, 6) is -2.12. The Kier molecular flexibility index (Phi) is 7.31. The lowest BCUT2D eigenvalue weighted by atomic mass is 10.1. The molecule has 4 aromatic carbocycles. The zero-order chi connectivity index (χ0) is 27.4. The number of amides is 2. The summed E-state index contributed by atoms with van der Waals surface area (Å²) in [5, 5.41) is 1.01. The molecule has 0 atom stereocenters. The second-order valence-electron chi connectivity index (χ2n) is 8.58. The van der Waals surface area contributed by atoms with E-state index in [0.717, 1.165) is 5.01 Å². The van der Waals surface area contributed by atoms with Crippen molar-refractivity contribution in [3.63, 3.8) is 0 Å². The van der Waals surface area contributed by atoms with Gasteiger partial charge in [0.15, 0.2) is 0 Å². The number of hydrogen-bond donors (Lipinski definition) is 1. The van der Waals surface area contributed by atoms with Gasteiger partial charge in [-0.05, 0) is 54.6 Å². The quantitative estimate of drug-likeness (QED) is 0.234. The first-order valence-electron chi connectivity index (χ1n) is 11.9. The van der Waals surface area contributed by atoms with Crippen LogP contribution in [0.15, 0.2) is 96.6 Å². The normalized spacial score (nSPS) is 14.0. The van der Waals surface area contributed by atoms with E-state index in [-0.39, 0.29) is 30.2 Å². The molecule has 1 saturated heterocycles. The average Bonchev–Trinajstić information content (AvgIpc) is 3.22. The number of carbonyl (C=O) groups is 2. The third-order valence-corrected chi connectivity index (χ3v) is 5.95. The summed E-state index contributed by atoms with van der Waals surface area (Å²) in [6.07, 6.45) is 1.35. The maximum Gasteiger partial charge on any atom is 0.282 e. The summed E-state index contributed by atoms with van der Waals surface area (Å²) >= 11 is 0. The first-order chi connectivity index (χ1) is 18.9. The maximum atomic E-state index is 14.2. The van der Waals surface area contributed by atoms with Crippen LogP contribution in [0, 0.1) is 17.5 Å². The number of anilines is 1. The lowest BCUT2D eigenvalue weighted by molar-refractivity contribution is -0.117. The molecule has 0 aromatic heterocycles. The smallest absolute Gasteiger partial charge is 0.282 e. The predicted octanol–water partition coefficient (Wildman–Crippen LogP) is 5.72. The summed E-state index contributed by atoms with van der Waals surface area (Å²) in [6, 6.07) is 22.0. The first-order valence-corrected chi connectivity index (χ1v) is 11.9. The number of ether oxygens (including phenoxy) is 2. The van der Waals surface area contributed by atoms with Crippen molar-refractivity contribution in [3.05, 3.63) is 131 Å². The van der Waals surface area contributed by atoms with Crippen LogP contribution >= 0.6 is 0 Å². The first kappa shape index (κ1) is 25.6. The number of nitrogens with one attached hydrogen (secondary N) is 1. The Labute approximate surface area is 221 Å². The second kappa shape index (κ2) is 11.1. The molecular formula is C30H21F3N2O4. The number of rotatable bonds is 8. The van der Waals surface area contributed by atoms with Crippen LogP contribution in [0.5, 0.6) is 11.5 Å². The van der Waals surface area contributed by atoms with Gasteiger partial charge in [-0.15, -0.1) is 0 Å². The van der Waals surface area contributed by atoms with Crippen molar-refractivity contribution in [2.24, 2.45) is 0 Å². The van der Waals surface area contributed by atoms with Gasteiger partial charge >= 0.3 is 0 Å². The van der Waals surface area contributed by atoms with E-state index < -0.39 is 29.3 Å². The minimum Gasteiger partial charge on any atom is -0.489 e. The predicted molar refractivity (Wildman–Crippen MR) is 138 cm³/mol. The molecule has 5 rings (SSSR count). The van der Waals surface area contributed by atoms with Crippen molar-refractivity contribution >= 4 is 23.6 Å². The topological polar surface area (TPSA) is 67.9 Å². The van der Waals surface area contributed by atoms with Crippen molar-refractivity contribution in [1.29, 1.82) is 0 Å². The molecule has 2 amide bonds. The molecule has 1 fully saturated rings. The summed E-state index contributed by atoms with van der Waals surface area (Å²) < 4.78 is 53.2. The number of hydrogen-bond acceptors (Lipinski definition) is 4.